The molecule has 2 heteroatoms. The molecule has 0 saturated heterocycles. The van der Waals surface area contributed by atoms with Crippen molar-refractivity contribution >= 4 is 14.2 Å². The maximum atomic E-state index is 3.70. The summed E-state index contributed by atoms with van der Waals surface area (Å²) in [5, 5.41) is 0. The van der Waals surface area contributed by atoms with Gasteiger partial charge in [0.15, 0.2) is 0 Å². The van der Waals surface area contributed by atoms with Crippen molar-refractivity contribution in [3.05, 3.63) is 0 Å². The Morgan fingerprint density at radius 3 is 2.00 bits per heavy atom. The summed E-state index contributed by atoms with van der Waals surface area (Å²) in [7, 11) is 3.70. The quantitative estimate of drug-likeness (QED) is 0.476. The first-order chi connectivity index (χ1) is 3.85. The first-order valence-electron chi connectivity index (χ1n) is 3.46. The molecule has 44 valence electrons. The van der Waals surface area contributed by atoms with Gasteiger partial charge < -0.3 is 0 Å². The molecule has 0 aromatic rings. The Hall–Kier alpha value is 0.130. The average Bonchev–Trinajstić information content (AvgIpc) is 1.83. The Kier molecular flexibility index (Phi) is 5.36. The molecule has 0 atom stereocenters. The van der Waals surface area contributed by atoms with E-state index in [1.807, 2.05) is 6.80 Å². The van der Waals surface area contributed by atoms with E-state index in [1.165, 1.54) is 19.2 Å². The van der Waals surface area contributed by atoms with Crippen molar-refractivity contribution in [2.45, 2.75) is 33.0 Å². The molecule has 0 amide bonds. The Bertz CT molecular complexity index is 57.5. The Morgan fingerprint density at radius 1 is 1.38 bits per heavy atom. The van der Waals surface area contributed by atoms with E-state index < -0.39 is 0 Å². The van der Waals surface area contributed by atoms with E-state index in [4.69, 9.17) is 0 Å². The molecule has 0 N–H and O–H groups in total. The van der Waals surface area contributed by atoms with Crippen LogP contribution in [-0.4, -0.2) is 14.2 Å². The Balaban J connectivity index is 3.20. The van der Waals surface area contributed by atoms with Crippen LogP contribution in [0.1, 0.15) is 26.7 Å². The van der Waals surface area contributed by atoms with Crippen molar-refractivity contribution in [3.8, 4) is 0 Å². The van der Waals surface area contributed by atoms with Crippen LogP contribution < -0.4 is 0 Å². The second-order valence-corrected chi connectivity index (χ2v) is 2.21. The van der Waals surface area contributed by atoms with Crippen molar-refractivity contribution in [1.82, 2.24) is 0 Å². The fourth-order valence-corrected chi connectivity index (χ4v) is 0.858. The molecule has 8 heavy (non-hydrogen) atoms. The minimum absolute atomic E-state index is 0.882. The fourth-order valence-electron chi connectivity index (χ4n) is 0.858. The number of hydrogen-bond acceptors (Lipinski definition) is 0. The molecule has 0 nitrogen and oxygen atoms in total. The van der Waals surface area contributed by atoms with Gasteiger partial charge in [-0.1, -0.05) is 0 Å². The van der Waals surface area contributed by atoms with Gasteiger partial charge in [-0.05, 0) is 0 Å². The summed E-state index contributed by atoms with van der Waals surface area (Å²) in [4.78, 5) is 0. The molecular formula is C6H14B2. The first kappa shape index (κ1) is 8.13. The van der Waals surface area contributed by atoms with Crippen LogP contribution in [-0.2, 0) is 0 Å². The molecule has 0 aliphatic carbocycles. The molecule has 0 unspecified atom stereocenters. The third-order valence-corrected chi connectivity index (χ3v) is 1.65. The van der Waals surface area contributed by atoms with Crippen molar-refractivity contribution in [1.29, 1.82) is 0 Å². The number of hydrogen-bond donors (Lipinski definition) is 0. The third kappa shape index (κ3) is 3.17. The van der Waals surface area contributed by atoms with Gasteiger partial charge >= 0.3 is 53.1 Å². The molecule has 0 spiro atoms. The zero-order valence-corrected chi connectivity index (χ0v) is 5.98. The van der Waals surface area contributed by atoms with Crippen LogP contribution in [0.4, 0.5) is 0 Å². The summed E-state index contributed by atoms with van der Waals surface area (Å²) in [6.07, 6.45) is 3.78. The first-order valence-corrected chi connectivity index (χ1v) is 3.46. The van der Waals surface area contributed by atoms with E-state index >= 15 is 0 Å². The van der Waals surface area contributed by atoms with Gasteiger partial charge in [0.25, 0.3) is 0 Å². The minimum atomic E-state index is 0.882. The van der Waals surface area contributed by atoms with Crippen molar-refractivity contribution in [2.24, 2.45) is 5.92 Å². The summed E-state index contributed by atoms with van der Waals surface area (Å²) in [6.45, 7) is 6.48. The molecule has 0 aromatic heterocycles. The summed E-state index contributed by atoms with van der Waals surface area (Å²) in [6, 6.07) is 0. The molecule has 0 bridgehead atoms. The van der Waals surface area contributed by atoms with Crippen LogP contribution in [0.2, 0.25) is 6.32 Å². The van der Waals surface area contributed by atoms with Gasteiger partial charge in [0.05, 0.1) is 0 Å². The second-order valence-electron chi connectivity index (χ2n) is 2.21. The number of rotatable bonds is 4. The van der Waals surface area contributed by atoms with E-state index in [0.29, 0.717) is 0 Å². The van der Waals surface area contributed by atoms with Gasteiger partial charge in [-0.2, -0.15) is 0 Å². The standard InChI is InChI=1S/C6H14B2/c1-3-6(4-2)5-8-7/h6-7H,3-5H2,1-2H3. The normalized spacial score (nSPS) is 9.25. The van der Waals surface area contributed by atoms with Gasteiger partial charge in [-0.3, -0.25) is 0 Å². The molecule has 0 aliphatic heterocycles. The molecule has 0 aliphatic rings. The van der Waals surface area contributed by atoms with E-state index in [9.17, 15) is 0 Å². The zero-order chi connectivity index (χ0) is 6.41. The van der Waals surface area contributed by atoms with Gasteiger partial charge in [-0.25, -0.2) is 0 Å². The third-order valence-electron chi connectivity index (χ3n) is 1.65. The Labute approximate surface area is 53.9 Å². The molecular weight excluding hydrogens is 93.7 g/mol. The van der Waals surface area contributed by atoms with E-state index in [0.717, 1.165) is 5.92 Å². The predicted molar refractivity (Wildman–Crippen MR) is 41.8 cm³/mol. The van der Waals surface area contributed by atoms with Crippen molar-refractivity contribution < 1.29 is 0 Å². The SMILES string of the molecule is B=BCC(CC)CC. The summed E-state index contributed by atoms with van der Waals surface area (Å²) in [5.74, 6) is 0.882. The van der Waals surface area contributed by atoms with Gasteiger partial charge in [0.1, 0.15) is 0 Å². The van der Waals surface area contributed by atoms with E-state index in [2.05, 4.69) is 21.2 Å². The van der Waals surface area contributed by atoms with Crippen LogP contribution in [0.3, 0.4) is 0 Å². The van der Waals surface area contributed by atoms with Crippen LogP contribution in [0.5, 0.6) is 0 Å². The molecule has 0 fully saturated rings. The van der Waals surface area contributed by atoms with Crippen LogP contribution in [0, 0.1) is 5.92 Å². The topological polar surface area (TPSA) is 0 Å². The van der Waals surface area contributed by atoms with Crippen molar-refractivity contribution in [2.75, 3.05) is 0 Å². The van der Waals surface area contributed by atoms with E-state index in [-0.39, 0.29) is 0 Å². The second kappa shape index (κ2) is 5.27. The van der Waals surface area contributed by atoms with Crippen LogP contribution in [0.25, 0.3) is 0 Å². The molecule has 0 heterocycles. The molecule has 0 aromatic carbocycles. The van der Waals surface area contributed by atoms with Crippen molar-refractivity contribution in [3.63, 3.8) is 0 Å². The maximum absolute atomic E-state index is 3.70. The molecule has 0 radical (unpaired) electrons. The van der Waals surface area contributed by atoms with Gasteiger partial charge in [0.2, 0.25) is 0 Å². The van der Waals surface area contributed by atoms with Crippen LogP contribution >= 0.6 is 0 Å². The van der Waals surface area contributed by atoms with Gasteiger partial charge in [-0.15, -0.1) is 0 Å². The monoisotopic (exact) mass is 108 g/mol. The predicted octanol–water partition coefficient (Wildman–Crippen LogP) is 1.36. The summed E-state index contributed by atoms with van der Waals surface area (Å²) in [5.41, 5.74) is 0. The molecule has 0 saturated carbocycles. The fraction of sp³-hybridized carbons (Fsp3) is 1.00. The zero-order valence-electron chi connectivity index (χ0n) is 5.98. The van der Waals surface area contributed by atoms with E-state index in [1.54, 1.807) is 0 Å². The summed E-state index contributed by atoms with van der Waals surface area (Å²) < 4.78 is 0. The average molecular weight is 108 g/mol. The van der Waals surface area contributed by atoms with Crippen LogP contribution in [0.15, 0.2) is 0 Å². The molecule has 0 rings (SSSR count). The van der Waals surface area contributed by atoms with Gasteiger partial charge in [0, 0.05) is 0 Å². The Morgan fingerprint density at radius 2 is 1.88 bits per heavy atom. The summed E-state index contributed by atoms with van der Waals surface area (Å²) >= 11 is 0.